The summed E-state index contributed by atoms with van der Waals surface area (Å²) in [6.45, 7) is 6.18. The molecule has 2 atom stereocenters. The van der Waals surface area contributed by atoms with Crippen LogP contribution in [0.1, 0.15) is 45.4 Å². The van der Waals surface area contributed by atoms with E-state index in [1.165, 1.54) is 58.2 Å². The smallest absolute Gasteiger partial charge is 0.00670 e. The average Bonchev–Trinajstić information content (AvgIpc) is 2.78. The number of hydrogen-bond donors (Lipinski definition) is 1. The van der Waals surface area contributed by atoms with Gasteiger partial charge in [-0.2, -0.15) is 0 Å². The zero-order valence-electron chi connectivity index (χ0n) is 11.0. The van der Waals surface area contributed by atoms with Gasteiger partial charge in [0.1, 0.15) is 0 Å². The van der Waals surface area contributed by atoms with Crippen molar-refractivity contribution in [2.45, 2.75) is 51.5 Å². The maximum atomic E-state index is 3.69. The Morgan fingerprint density at radius 3 is 2.56 bits per heavy atom. The van der Waals surface area contributed by atoms with Crippen LogP contribution in [0, 0.1) is 11.8 Å². The van der Waals surface area contributed by atoms with E-state index < -0.39 is 0 Å². The van der Waals surface area contributed by atoms with Crippen LogP contribution in [0.15, 0.2) is 0 Å². The van der Waals surface area contributed by atoms with Gasteiger partial charge in [-0.1, -0.05) is 19.8 Å². The lowest BCUT2D eigenvalue weighted by Crippen LogP contribution is -2.30. The molecule has 2 heteroatoms. The molecule has 1 N–H and O–H groups in total. The van der Waals surface area contributed by atoms with Crippen LogP contribution in [0.3, 0.4) is 0 Å². The molecule has 94 valence electrons. The molecule has 0 amide bonds. The van der Waals surface area contributed by atoms with E-state index in [1.54, 1.807) is 0 Å². The van der Waals surface area contributed by atoms with Gasteiger partial charge in [-0.05, 0) is 57.7 Å². The summed E-state index contributed by atoms with van der Waals surface area (Å²) in [5.74, 6) is 2.01. The van der Waals surface area contributed by atoms with Crippen molar-refractivity contribution in [3.05, 3.63) is 0 Å². The highest BCUT2D eigenvalue weighted by molar-refractivity contribution is 4.84. The van der Waals surface area contributed by atoms with Crippen LogP contribution in [-0.4, -0.2) is 37.6 Å². The second kappa shape index (κ2) is 6.02. The van der Waals surface area contributed by atoms with E-state index in [0.717, 1.165) is 17.9 Å². The van der Waals surface area contributed by atoms with Crippen molar-refractivity contribution in [1.29, 1.82) is 0 Å². The van der Waals surface area contributed by atoms with Crippen LogP contribution in [0.4, 0.5) is 0 Å². The van der Waals surface area contributed by atoms with E-state index in [4.69, 9.17) is 0 Å². The maximum Gasteiger partial charge on any atom is 0.00670 e. The predicted octanol–water partition coefficient (Wildman–Crippen LogP) is 2.50. The first-order valence-electron chi connectivity index (χ1n) is 7.17. The Morgan fingerprint density at radius 1 is 1.25 bits per heavy atom. The predicted molar refractivity (Wildman–Crippen MR) is 69.6 cm³/mol. The largest absolute Gasteiger partial charge is 0.314 e. The molecule has 16 heavy (non-hydrogen) atoms. The molecule has 0 spiro atoms. The second-order valence-electron chi connectivity index (χ2n) is 6.02. The van der Waals surface area contributed by atoms with E-state index in [-0.39, 0.29) is 0 Å². The van der Waals surface area contributed by atoms with Crippen LogP contribution in [0.25, 0.3) is 0 Å². The van der Waals surface area contributed by atoms with Crippen LogP contribution < -0.4 is 5.32 Å². The highest BCUT2D eigenvalue weighted by atomic mass is 15.1. The first-order valence-corrected chi connectivity index (χ1v) is 7.17. The Labute approximate surface area is 101 Å². The Kier molecular flexibility index (Phi) is 4.66. The highest BCUT2D eigenvalue weighted by Crippen LogP contribution is 2.37. The van der Waals surface area contributed by atoms with Crippen molar-refractivity contribution in [2.24, 2.45) is 11.8 Å². The summed E-state index contributed by atoms with van der Waals surface area (Å²) in [5, 5.41) is 3.69. The summed E-state index contributed by atoms with van der Waals surface area (Å²) >= 11 is 0. The third-order valence-electron chi connectivity index (χ3n) is 4.33. The molecular formula is C14H28N2. The van der Waals surface area contributed by atoms with Gasteiger partial charge in [-0.3, -0.25) is 0 Å². The maximum absolute atomic E-state index is 3.69. The zero-order chi connectivity index (χ0) is 11.4. The van der Waals surface area contributed by atoms with E-state index >= 15 is 0 Å². The molecule has 0 heterocycles. The first kappa shape index (κ1) is 12.4. The lowest BCUT2D eigenvalue weighted by Gasteiger charge is -2.17. The van der Waals surface area contributed by atoms with Gasteiger partial charge < -0.3 is 10.2 Å². The minimum Gasteiger partial charge on any atom is -0.314 e. The summed E-state index contributed by atoms with van der Waals surface area (Å²) in [4.78, 5) is 2.52. The van der Waals surface area contributed by atoms with Gasteiger partial charge >= 0.3 is 0 Å². The number of nitrogens with one attached hydrogen (secondary N) is 1. The Balaban J connectivity index is 1.44. The third kappa shape index (κ3) is 4.06. The average molecular weight is 224 g/mol. The van der Waals surface area contributed by atoms with E-state index in [2.05, 4.69) is 24.2 Å². The van der Waals surface area contributed by atoms with Crippen LogP contribution in [-0.2, 0) is 0 Å². The third-order valence-corrected chi connectivity index (χ3v) is 4.33. The molecule has 0 aromatic rings. The molecule has 0 bridgehead atoms. The summed E-state index contributed by atoms with van der Waals surface area (Å²) in [6.07, 6.45) is 8.48. The molecule has 0 saturated heterocycles. The van der Waals surface area contributed by atoms with Gasteiger partial charge in [0.15, 0.2) is 0 Å². The molecule has 2 aliphatic rings. The lowest BCUT2D eigenvalue weighted by molar-refractivity contribution is 0.306. The van der Waals surface area contributed by atoms with Crippen molar-refractivity contribution in [2.75, 3.05) is 26.7 Å². The molecule has 2 saturated carbocycles. The molecule has 0 aliphatic heterocycles. The Morgan fingerprint density at radius 2 is 1.94 bits per heavy atom. The summed E-state index contributed by atoms with van der Waals surface area (Å²) in [7, 11) is 2.28. The minimum absolute atomic E-state index is 0.841. The Bertz CT molecular complexity index is 199. The molecule has 0 aromatic heterocycles. The number of nitrogens with zero attached hydrogens (tertiary/aromatic N) is 1. The van der Waals surface area contributed by atoms with Crippen LogP contribution in [0.5, 0.6) is 0 Å². The topological polar surface area (TPSA) is 15.3 Å². The van der Waals surface area contributed by atoms with E-state index in [9.17, 15) is 0 Å². The molecule has 2 unspecified atom stereocenters. The van der Waals surface area contributed by atoms with Gasteiger partial charge in [0.25, 0.3) is 0 Å². The number of hydrogen-bond acceptors (Lipinski definition) is 2. The van der Waals surface area contributed by atoms with Gasteiger partial charge in [0, 0.05) is 12.6 Å². The highest BCUT2D eigenvalue weighted by Gasteiger charge is 2.32. The first-order chi connectivity index (χ1) is 7.75. The van der Waals surface area contributed by atoms with E-state index in [0.29, 0.717) is 0 Å². The Hall–Kier alpha value is -0.0800. The standard InChI is InChI=1S/C14H28N2/c1-12-10-13(12)11-16(2)9-5-8-15-14-6-3-4-7-14/h12-15H,3-11H2,1-2H3. The van der Waals surface area contributed by atoms with Gasteiger partial charge in [0.05, 0.1) is 0 Å². The van der Waals surface area contributed by atoms with Crippen molar-refractivity contribution < 1.29 is 0 Å². The van der Waals surface area contributed by atoms with E-state index in [1.807, 2.05) is 0 Å². The quantitative estimate of drug-likeness (QED) is 0.668. The number of rotatable bonds is 7. The van der Waals surface area contributed by atoms with Crippen molar-refractivity contribution in [1.82, 2.24) is 10.2 Å². The molecule has 2 fully saturated rings. The van der Waals surface area contributed by atoms with Crippen molar-refractivity contribution >= 4 is 0 Å². The summed E-state index contributed by atoms with van der Waals surface area (Å²) < 4.78 is 0. The van der Waals surface area contributed by atoms with Gasteiger partial charge in [0.2, 0.25) is 0 Å². The summed E-state index contributed by atoms with van der Waals surface area (Å²) in [5.41, 5.74) is 0. The van der Waals surface area contributed by atoms with Gasteiger partial charge in [-0.15, -0.1) is 0 Å². The second-order valence-corrected chi connectivity index (χ2v) is 6.02. The SMILES string of the molecule is CC1CC1CN(C)CCCNC1CCCC1. The monoisotopic (exact) mass is 224 g/mol. The molecular weight excluding hydrogens is 196 g/mol. The van der Waals surface area contributed by atoms with Gasteiger partial charge in [-0.25, -0.2) is 0 Å². The van der Waals surface area contributed by atoms with Crippen LogP contribution in [0.2, 0.25) is 0 Å². The lowest BCUT2D eigenvalue weighted by atomic mass is 10.2. The van der Waals surface area contributed by atoms with Crippen molar-refractivity contribution in [3.63, 3.8) is 0 Å². The molecule has 0 aromatic carbocycles. The zero-order valence-corrected chi connectivity index (χ0v) is 11.0. The molecule has 0 radical (unpaired) electrons. The fraction of sp³-hybridized carbons (Fsp3) is 1.00. The molecule has 2 rings (SSSR count). The normalized spacial score (nSPS) is 30.2. The van der Waals surface area contributed by atoms with Crippen LogP contribution >= 0.6 is 0 Å². The fourth-order valence-corrected chi connectivity index (χ4v) is 2.93. The molecule has 2 nitrogen and oxygen atoms in total. The minimum atomic E-state index is 0.841. The summed E-state index contributed by atoms with van der Waals surface area (Å²) in [6, 6.07) is 0.841. The molecule has 2 aliphatic carbocycles. The fourth-order valence-electron chi connectivity index (χ4n) is 2.93. The van der Waals surface area contributed by atoms with Crippen molar-refractivity contribution in [3.8, 4) is 0 Å².